The van der Waals surface area contributed by atoms with Crippen molar-refractivity contribution in [1.29, 1.82) is 0 Å². The van der Waals surface area contributed by atoms with E-state index in [1.807, 2.05) is 0 Å². The summed E-state index contributed by atoms with van der Waals surface area (Å²) in [6, 6.07) is 6.95. The van der Waals surface area contributed by atoms with E-state index in [0.29, 0.717) is 5.69 Å². The van der Waals surface area contributed by atoms with Crippen LogP contribution in [0.2, 0.25) is 0 Å². The molecular formula is C18H16F2N2O4S2. The second-order valence-corrected chi connectivity index (χ2v) is 9.34. The molecule has 1 atom stereocenters. The van der Waals surface area contributed by atoms with Crippen LogP contribution in [0, 0.1) is 17.6 Å². The minimum atomic E-state index is -3.86. The zero-order valence-corrected chi connectivity index (χ0v) is 16.3. The summed E-state index contributed by atoms with van der Waals surface area (Å²) in [5.74, 6) is -3.83. The van der Waals surface area contributed by atoms with Gasteiger partial charge in [0.15, 0.2) is 9.84 Å². The van der Waals surface area contributed by atoms with E-state index in [1.54, 1.807) is 6.07 Å². The zero-order valence-electron chi connectivity index (χ0n) is 14.7. The Balaban J connectivity index is 1.74. The van der Waals surface area contributed by atoms with Crippen LogP contribution in [0.3, 0.4) is 0 Å². The third kappa shape index (κ3) is 4.50. The highest BCUT2D eigenvalue weighted by Gasteiger charge is 2.26. The first-order chi connectivity index (χ1) is 13.2. The lowest BCUT2D eigenvalue weighted by Gasteiger charge is -2.18. The van der Waals surface area contributed by atoms with Crippen molar-refractivity contribution in [3.63, 3.8) is 0 Å². The first-order valence-electron chi connectivity index (χ1n) is 8.21. The third-order valence-corrected chi connectivity index (χ3v) is 7.03. The van der Waals surface area contributed by atoms with E-state index < -0.39 is 39.0 Å². The number of nitrogens with one attached hydrogen (secondary N) is 2. The monoisotopic (exact) mass is 426 g/mol. The normalized spacial score (nSPS) is 14.8. The molecule has 0 bridgehead atoms. The van der Waals surface area contributed by atoms with E-state index >= 15 is 0 Å². The van der Waals surface area contributed by atoms with Crippen molar-refractivity contribution in [3.05, 3.63) is 48.0 Å². The Morgan fingerprint density at radius 2 is 2.00 bits per heavy atom. The Bertz CT molecular complexity index is 1060. The molecular weight excluding hydrogens is 410 g/mol. The third-order valence-electron chi connectivity index (χ3n) is 4.05. The van der Waals surface area contributed by atoms with Gasteiger partial charge in [0.2, 0.25) is 11.8 Å². The first-order valence-corrected chi connectivity index (χ1v) is 10.8. The highest BCUT2D eigenvalue weighted by molar-refractivity contribution is 8.00. The van der Waals surface area contributed by atoms with Crippen LogP contribution in [-0.4, -0.2) is 31.7 Å². The molecule has 0 aromatic heterocycles. The van der Waals surface area contributed by atoms with Gasteiger partial charge in [-0.25, -0.2) is 17.2 Å². The van der Waals surface area contributed by atoms with Crippen LogP contribution in [0.5, 0.6) is 0 Å². The maximum Gasteiger partial charge on any atom is 0.234 e. The van der Waals surface area contributed by atoms with Gasteiger partial charge in [0.05, 0.1) is 27.8 Å². The number of hydrogen-bond acceptors (Lipinski definition) is 5. The number of thioether (sulfide) groups is 1. The lowest BCUT2D eigenvalue weighted by atomic mass is 10.2. The van der Waals surface area contributed by atoms with Crippen molar-refractivity contribution >= 4 is 44.8 Å². The second kappa shape index (κ2) is 7.88. The molecule has 2 aromatic rings. The van der Waals surface area contributed by atoms with E-state index in [2.05, 4.69) is 10.6 Å². The van der Waals surface area contributed by atoms with E-state index in [-0.39, 0.29) is 22.2 Å². The van der Waals surface area contributed by atoms with Crippen molar-refractivity contribution < 1.29 is 26.8 Å². The maximum atomic E-state index is 13.7. The predicted octanol–water partition coefficient (Wildman–Crippen LogP) is 3.06. The lowest BCUT2D eigenvalue weighted by Crippen LogP contribution is -2.27. The molecule has 148 valence electrons. The molecule has 6 nitrogen and oxygen atoms in total. The fourth-order valence-corrected chi connectivity index (χ4v) is 4.97. The van der Waals surface area contributed by atoms with Gasteiger partial charge < -0.3 is 10.6 Å². The van der Waals surface area contributed by atoms with Crippen molar-refractivity contribution in [1.82, 2.24) is 0 Å². The molecule has 10 heteroatoms. The summed E-state index contributed by atoms with van der Waals surface area (Å²) < 4.78 is 52.2. The molecule has 2 amide bonds. The number of benzene rings is 2. The molecule has 0 saturated heterocycles. The average Bonchev–Trinajstić information content (AvgIpc) is 2.63. The number of carbonyl (C=O) groups excluding carboxylic acids is 2. The van der Waals surface area contributed by atoms with Crippen LogP contribution in [-0.2, 0) is 19.4 Å². The van der Waals surface area contributed by atoms with Gasteiger partial charge >= 0.3 is 0 Å². The molecule has 0 fully saturated rings. The zero-order chi connectivity index (χ0) is 20.5. The van der Waals surface area contributed by atoms with Gasteiger partial charge in [0.1, 0.15) is 11.6 Å². The molecule has 1 aliphatic rings. The van der Waals surface area contributed by atoms with Crippen molar-refractivity contribution in [3.8, 4) is 0 Å². The number of hydrogen-bond donors (Lipinski definition) is 2. The topological polar surface area (TPSA) is 92.3 Å². The van der Waals surface area contributed by atoms with Gasteiger partial charge in [0.25, 0.3) is 0 Å². The summed E-state index contributed by atoms with van der Waals surface area (Å²) in [5.41, 5.74) is 0.0454. The number of carbonyl (C=O) groups is 2. The largest absolute Gasteiger partial charge is 0.324 e. The molecule has 28 heavy (non-hydrogen) atoms. The van der Waals surface area contributed by atoms with Gasteiger partial charge in [-0.05, 0) is 30.3 Å². The van der Waals surface area contributed by atoms with Gasteiger partial charge in [0, 0.05) is 16.9 Å². The van der Waals surface area contributed by atoms with Gasteiger partial charge in [-0.15, -0.1) is 11.8 Å². The van der Waals surface area contributed by atoms with Crippen molar-refractivity contribution in [2.75, 3.05) is 22.1 Å². The minimum Gasteiger partial charge on any atom is -0.324 e. The van der Waals surface area contributed by atoms with E-state index in [4.69, 9.17) is 0 Å². The number of rotatable bonds is 5. The minimum absolute atomic E-state index is 0.0364. The summed E-state index contributed by atoms with van der Waals surface area (Å²) in [6.45, 7) is 1.38. The molecule has 0 spiro atoms. The molecule has 2 aromatic carbocycles. The summed E-state index contributed by atoms with van der Waals surface area (Å²) in [6.07, 6.45) is 0. The van der Waals surface area contributed by atoms with Gasteiger partial charge in [-0.3, -0.25) is 9.59 Å². The highest BCUT2D eigenvalue weighted by atomic mass is 32.2. The van der Waals surface area contributed by atoms with E-state index in [9.17, 15) is 26.8 Å². The Morgan fingerprint density at radius 1 is 1.25 bits per heavy atom. The molecule has 3 rings (SSSR count). The molecule has 2 N–H and O–H groups in total. The number of sulfone groups is 1. The predicted molar refractivity (Wildman–Crippen MR) is 102 cm³/mol. The summed E-state index contributed by atoms with van der Waals surface area (Å²) in [5, 5.41) is 4.81. The Labute approximate surface area is 164 Å². The van der Waals surface area contributed by atoms with Crippen LogP contribution in [0.15, 0.2) is 46.2 Å². The summed E-state index contributed by atoms with van der Waals surface area (Å²) in [7, 11) is -3.86. The maximum absolute atomic E-state index is 13.7. The number of anilines is 2. The second-order valence-electron chi connectivity index (χ2n) is 6.29. The number of amides is 2. The van der Waals surface area contributed by atoms with Gasteiger partial charge in [-0.1, -0.05) is 6.92 Å². The number of fused-ring (bicyclic) bond motifs is 1. The fraction of sp³-hybridized carbons (Fsp3) is 0.222. The van der Waals surface area contributed by atoms with Gasteiger partial charge in [-0.2, -0.15) is 0 Å². The van der Waals surface area contributed by atoms with Crippen molar-refractivity contribution in [2.24, 2.45) is 5.92 Å². The summed E-state index contributed by atoms with van der Waals surface area (Å²) in [4.78, 5) is 24.4. The molecule has 1 heterocycles. The van der Waals surface area contributed by atoms with Crippen molar-refractivity contribution in [2.45, 2.75) is 16.7 Å². The van der Waals surface area contributed by atoms with E-state index in [1.165, 1.54) is 30.8 Å². The van der Waals surface area contributed by atoms with Crippen LogP contribution in [0.1, 0.15) is 6.92 Å². The molecule has 1 aliphatic heterocycles. The highest BCUT2D eigenvalue weighted by Crippen LogP contribution is 2.33. The Hall–Kier alpha value is -2.46. The SMILES string of the molecule is CC(CS(=O)(=O)c1ccc2c(c1)NC(=O)CS2)C(=O)Nc1cc(F)ccc1F. The molecule has 0 radical (unpaired) electrons. The van der Waals surface area contributed by atoms with Crippen LogP contribution < -0.4 is 10.6 Å². The van der Waals surface area contributed by atoms with Crippen LogP contribution in [0.25, 0.3) is 0 Å². The molecule has 0 aliphatic carbocycles. The summed E-state index contributed by atoms with van der Waals surface area (Å²) >= 11 is 1.30. The Morgan fingerprint density at radius 3 is 2.75 bits per heavy atom. The van der Waals surface area contributed by atoms with Crippen LogP contribution in [0.4, 0.5) is 20.2 Å². The van der Waals surface area contributed by atoms with E-state index in [0.717, 1.165) is 23.1 Å². The Kier molecular flexibility index (Phi) is 5.71. The fourth-order valence-electron chi connectivity index (χ4n) is 2.61. The molecule has 1 unspecified atom stereocenters. The average molecular weight is 426 g/mol. The first kappa shape index (κ1) is 20.3. The lowest BCUT2D eigenvalue weighted by molar-refractivity contribution is -0.118. The quantitative estimate of drug-likeness (QED) is 0.767. The smallest absolute Gasteiger partial charge is 0.234 e. The standard InChI is InChI=1S/C18H16F2N2O4S2/c1-10(18(24)22-14-6-11(19)2-4-13(14)20)9-28(25,26)12-3-5-16-15(7-12)21-17(23)8-27-16/h2-7,10H,8-9H2,1H3,(H,21,23)(H,22,24). The van der Waals surface area contributed by atoms with Crippen LogP contribution >= 0.6 is 11.8 Å². The number of halogens is 2. The molecule has 0 saturated carbocycles.